The minimum Gasteiger partial charge on any atom is -0.346 e. The highest BCUT2D eigenvalue weighted by molar-refractivity contribution is 6.32. The van der Waals surface area contributed by atoms with Crippen LogP contribution < -0.4 is 0 Å². The molecule has 24 heavy (non-hydrogen) atoms. The molecule has 0 aromatic heterocycles. The van der Waals surface area contributed by atoms with Crippen LogP contribution in [0.1, 0.15) is 38.2 Å². The molecule has 1 fully saturated rings. The SMILES string of the molecule is CCCCN(C)C(=O)CC1(c2ccccc2Cl)CC(=O)N(C)C1=O. The van der Waals surface area contributed by atoms with E-state index >= 15 is 0 Å². The van der Waals surface area contributed by atoms with E-state index in [-0.39, 0.29) is 30.6 Å². The van der Waals surface area contributed by atoms with Crippen LogP contribution in [-0.2, 0) is 19.8 Å². The summed E-state index contributed by atoms with van der Waals surface area (Å²) in [6.45, 7) is 2.68. The molecule has 1 saturated heterocycles. The molecule has 1 atom stereocenters. The van der Waals surface area contributed by atoms with Gasteiger partial charge in [0.1, 0.15) is 0 Å². The number of rotatable bonds is 6. The Morgan fingerprint density at radius 2 is 2.00 bits per heavy atom. The number of carbonyl (C=O) groups excluding carboxylic acids is 3. The molecule has 6 heteroatoms. The zero-order valence-electron chi connectivity index (χ0n) is 14.3. The number of likely N-dealkylation sites (N-methyl/N-ethyl adjacent to an activating group) is 1. The first kappa shape index (κ1) is 18.5. The molecular weight excluding hydrogens is 328 g/mol. The summed E-state index contributed by atoms with van der Waals surface area (Å²) >= 11 is 6.29. The standard InChI is InChI=1S/C18H23ClN2O3/c1-4-5-10-20(2)15(22)11-18(12-16(23)21(3)17(18)24)13-8-6-7-9-14(13)19/h6-9H,4-5,10-12H2,1-3H3. The smallest absolute Gasteiger partial charge is 0.240 e. The number of hydrogen-bond donors (Lipinski definition) is 0. The second-order valence-electron chi connectivity index (χ2n) is 6.34. The van der Waals surface area contributed by atoms with Crippen molar-refractivity contribution in [3.8, 4) is 0 Å². The van der Waals surface area contributed by atoms with Gasteiger partial charge < -0.3 is 4.90 Å². The van der Waals surface area contributed by atoms with Crippen LogP contribution in [0.15, 0.2) is 24.3 Å². The van der Waals surface area contributed by atoms with E-state index in [4.69, 9.17) is 11.6 Å². The number of unbranched alkanes of at least 4 members (excludes halogenated alkanes) is 1. The Morgan fingerprint density at radius 3 is 2.54 bits per heavy atom. The van der Waals surface area contributed by atoms with E-state index < -0.39 is 5.41 Å². The molecule has 1 aliphatic heterocycles. The fraction of sp³-hybridized carbons (Fsp3) is 0.500. The maximum absolute atomic E-state index is 12.8. The lowest BCUT2D eigenvalue weighted by Crippen LogP contribution is -2.42. The zero-order chi connectivity index (χ0) is 17.9. The molecule has 0 saturated carbocycles. The summed E-state index contributed by atoms with van der Waals surface area (Å²) < 4.78 is 0. The highest BCUT2D eigenvalue weighted by Crippen LogP contribution is 2.42. The van der Waals surface area contributed by atoms with E-state index in [2.05, 4.69) is 6.92 Å². The van der Waals surface area contributed by atoms with Gasteiger partial charge in [0, 0.05) is 38.5 Å². The van der Waals surface area contributed by atoms with E-state index in [1.54, 1.807) is 36.2 Å². The summed E-state index contributed by atoms with van der Waals surface area (Å²) in [6.07, 6.45) is 1.80. The van der Waals surface area contributed by atoms with Crippen LogP contribution in [0, 0.1) is 0 Å². The number of amides is 3. The van der Waals surface area contributed by atoms with E-state index in [0.29, 0.717) is 17.1 Å². The number of likely N-dealkylation sites (tertiary alicyclic amines) is 1. The Kier molecular flexibility index (Phi) is 5.65. The average molecular weight is 351 g/mol. The number of carbonyl (C=O) groups is 3. The second kappa shape index (κ2) is 7.34. The van der Waals surface area contributed by atoms with Gasteiger partial charge in [-0.05, 0) is 18.1 Å². The molecule has 1 aliphatic rings. The van der Waals surface area contributed by atoms with Crippen LogP contribution in [0.2, 0.25) is 5.02 Å². The Labute approximate surface area is 147 Å². The molecule has 0 bridgehead atoms. The van der Waals surface area contributed by atoms with Crippen LogP contribution in [0.5, 0.6) is 0 Å². The summed E-state index contributed by atoms with van der Waals surface area (Å²) in [5, 5.41) is 0.401. The molecular formula is C18H23ClN2O3. The first-order valence-electron chi connectivity index (χ1n) is 8.13. The Balaban J connectivity index is 2.39. The zero-order valence-corrected chi connectivity index (χ0v) is 15.1. The lowest BCUT2D eigenvalue weighted by Gasteiger charge is -2.29. The first-order chi connectivity index (χ1) is 11.3. The number of hydrogen-bond acceptors (Lipinski definition) is 3. The van der Waals surface area contributed by atoms with Gasteiger partial charge in [-0.15, -0.1) is 0 Å². The molecule has 5 nitrogen and oxygen atoms in total. The van der Waals surface area contributed by atoms with Gasteiger partial charge in [-0.25, -0.2) is 0 Å². The largest absolute Gasteiger partial charge is 0.346 e. The molecule has 0 radical (unpaired) electrons. The molecule has 0 spiro atoms. The quantitative estimate of drug-likeness (QED) is 0.741. The van der Waals surface area contributed by atoms with Crippen molar-refractivity contribution in [3.63, 3.8) is 0 Å². The number of imide groups is 1. The molecule has 2 rings (SSSR count). The van der Waals surface area contributed by atoms with Crippen LogP contribution >= 0.6 is 11.6 Å². The normalized spacial score (nSPS) is 20.6. The monoisotopic (exact) mass is 350 g/mol. The second-order valence-corrected chi connectivity index (χ2v) is 6.75. The third-order valence-corrected chi connectivity index (χ3v) is 4.99. The molecule has 0 N–H and O–H groups in total. The third kappa shape index (κ3) is 3.31. The summed E-state index contributed by atoms with van der Waals surface area (Å²) in [5.41, 5.74) is -0.659. The number of halogens is 1. The van der Waals surface area contributed by atoms with Gasteiger partial charge in [-0.1, -0.05) is 43.1 Å². The van der Waals surface area contributed by atoms with E-state index in [0.717, 1.165) is 17.7 Å². The van der Waals surface area contributed by atoms with Gasteiger partial charge in [0.2, 0.25) is 17.7 Å². The van der Waals surface area contributed by atoms with Gasteiger partial charge >= 0.3 is 0 Å². The minimum absolute atomic E-state index is 0.0283. The van der Waals surface area contributed by atoms with Crippen molar-refractivity contribution >= 4 is 29.3 Å². The number of benzene rings is 1. The van der Waals surface area contributed by atoms with Crippen LogP contribution in [0.4, 0.5) is 0 Å². The van der Waals surface area contributed by atoms with Crippen molar-refractivity contribution < 1.29 is 14.4 Å². The van der Waals surface area contributed by atoms with Crippen molar-refractivity contribution in [2.24, 2.45) is 0 Å². The Morgan fingerprint density at radius 1 is 1.33 bits per heavy atom. The van der Waals surface area contributed by atoms with Gasteiger partial charge in [-0.3, -0.25) is 19.3 Å². The fourth-order valence-electron chi connectivity index (χ4n) is 3.09. The summed E-state index contributed by atoms with van der Waals surface area (Å²) in [4.78, 5) is 40.4. The number of nitrogens with zero attached hydrogens (tertiary/aromatic N) is 2. The molecule has 1 aromatic carbocycles. The van der Waals surface area contributed by atoms with Crippen LogP contribution in [0.25, 0.3) is 0 Å². The Bertz CT molecular complexity index is 661. The van der Waals surface area contributed by atoms with E-state index in [9.17, 15) is 14.4 Å². The van der Waals surface area contributed by atoms with Gasteiger partial charge in [-0.2, -0.15) is 0 Å². The molecule has 1 unspecified atom stereocenters. The van der Waals surface area contributed by atoms with E-state index in [1.807, 2.05) is 0 Å². The lowest BCUT2D eigenvalue weighted by atomic mass is 9.75. The van der Waals surface area contributed by atoms with E-state index in [1.165, 1.54) is 7.05 Å². The third-order valence-electron chi connectivity index (χ3n) is 4.66. The maximum Gasteiger partial charge on any atom is 0.240 e. The topological polar surface area (TPSA) is 57.7 Å². The van der Waals surface area contributed by atoms with Crippen LogP contribution in [0.3, 0.4) is 0 Å². The summed E-state index contributed by atoms with van der Waals surface area (Å²) in [5.74, 6) is -0.804. The fourth-order valence-corrected chi connectivity index (χ4v) is 3.41. The Hall–Kier alpha value is -1.88. The first-order valence-corrected chi connectivity index (χ1v) is 8.51. The highest BCUT2D eigenvalue weighted by Gasteiger charge is 2.53. The van der Waals surface area contributed by atoms with Gasteiger partial charge in [0.05, 0.1) is 5.41 Å². The van der Waals surface area contributed by atoms with Crippen molar-refractivity contribution in [2.75, 3.05) is 20.6 Å². The van der Waals surface area contributed by atoms with Crippen LogP contribution in [-0.4, -0.2) is 48.2 Å². The molecule has 130 valence electrons. The highest BCUT2D eigenvalue weighted by atomic mass is 35.5. The van der Waals surface area contributed by atoms with Crippen molar-refractivity contribution in [1.82, 2.24) is 9.80 Å². The van der Waals surface area contributed by atoms with Crippen molar-refractivity contribution in [1.29, 1.82) is 0 Å². The van der Waals surface area contributed by atoms with Gasteiger partial charge in [0.15, 0.2) is 0 Å². The molecule has 0 aliphatic carbocycles. The summed E-state index contributed by atoms with van der Waals surface area (Å²) in [7, 11) is 3.18. The maximum atomic E-state index is 12.8. The summed E-state index contributed by atoms with van der Waals surface area (Å²) in [6, 6.07) is 6.94. The molecule has 1 heterocycles. The lowest BCUT2D eigenvalue weighted by molar-refractivity contribution is -0.141. The predicted octanol–water partition coefficient (Wildman–Crippen LogP) is 2.62. The van der Waals surface area contributed by atoms with Gasteiger partial charge in [0.25, 0.3) is 0 Å². The molecule has 1 aromatic rings. The average Bonchev–Trinajstić information content (AvgIpc) is 2.77. The predicted molar refractivity (Wildman–Crippen MR) is 92.7 cm³/mol. The minimum atomic E-state index is -1.21. The molecule has 3 amide bonds. The van der Waals surface area contributed by atoms with Crippen molar-refractivity contribution in [3.05, 3.63) is 34.9 Å². The van der Waals surface area contributed by atoms with Crippen molar-refractivity contribution in [2.45, 2.75) is 38.0 Å².